The van der Waals surface area contributed by atoms with Crippen LogP contribution in [0.4, 0.5) is 19.6 Å². The van der Waals surface area contributed by atoms with Gasteiger partial charge < -0.3 is 10.1 Å². The van der Waals surface area contributed by atoms with Crippen LogP contribution in [0.3, 0.4) is 0 Å². The van der Waals surface area contributed by atoms with E-state index in [9.17, 15) is 18.4 Å². The predicted molar refractivity (Wildman–Crippen MR) is 120 cm³/mol. The number of halogens is 2. The summed E-state index contributed by atoms with van der Waals surface area (Å²) in [4.78, 5) is 34.6. The van der Waals surface area contributed by atoms with E-state index >= 15 is 0 Å². The molecule has 0 radical (unpaired) electrons. The van der Waals surface area contributed by atoms with E-state index in [2.05, 4.69) is 26.4 Å². The van der Waals surface area contributed by atoms with Crippen molar-refractivity contribution >= 4 is 40.0 Å². The van der Waals surface area contributed by atoms with Gasteiger partial charge in [-0.3, -0.25) is 4.79 Å². The van der Waals surface area contributed by atoms with Gasteiger partial charge in [-0.1, -0.05) is 6.92 Å². The Balaban J connectivity index is 1.55. The molecule has 33 heavy (non-hydrogen) atoms. The number of aliphatic imine (C=N–C) groups is 2. The van der Waals surface area contributed by atoms with Gasteiger partial charge in [-0.2, -0.15) is 10.1 Å². The maximum atomic E-state index is 12.8. The monoisotopic (exact) mass is 477 g/mol. The summed E-state index contributed by atoms with van der Waals surface area (Å²) in [6.45, 7) is 4.00. The Labute approximate surface area is 193 Å². The predicted octanol–water partition coefficient (Wildman–Crippen LogP) is 4.55. The molecule has 2 heterocycles. The summed E-state index contributed by atoms with van der Waals surface area (Å²) in [5.41, 5.74) is 0.886. The average molecular weight is 478 g/mol. The van der Waals surface area contributed by atoms with E-state index in [-0.39, 0.29) is 36.0 Å². The van der Waals surface area contributed by atoms with Crippen molar-refractivity contribution in [2.24, 2.45) is 28.9 Å². The third-order valence-corrected chi connectivity index (χ3v) is 7.11. The summed E-state index contributed by atoms with van der Waals surface area (Å²) in [6.07, 6.45) is 0.0768. The van der Waals surface area contributed by atoms with Crippen molar-refractivity contribution in [1.82, 2.24) is 9.78 Å². The van der Waals surface area contributed by atoms with Crippen LogP contribution in [0.2, 0.25) is 0 Å². The molecule has 2 aromatic rings. The Hall–Kier alpha value is -2.91. The lowest BCUT2D eigenvalue weighted by atomic mass is 9.92. The summed E-state index contributed by atoms with van der Waals surface area (Å²) >= 11 is 1.42. The molecular formula is C22H25F2N5O3S. The van der Waals surface area contributed by atoms with Crippen molar-refractivity contribution in [2.75, 3.05) is 11.9 Å². The topological polar surface area (TPSA) is 97.9 Å². The van der Waals surface area contributed by atoms with Crippen molar-refractivity contribution in [3.8, 4) is 0 Å². The molecule has 3 atom stereocenters. The maximum absolute atomic E-state index is 12.8. The van der Waals surface area contributed by atoms with Gasteiger partial charge in [0.25, 0.3) is 6.43 Å². The van der Waals surface area contributed by atoms with Crippen LogP contribution in [0.15, 0.2) is 16.1 Å². The molecule has 2 aliphatic carbocycles. The first-order chi connectivity index (χ1) is 15.8. The van der Waals surface area contributed by atoms with E-state index in [1.807, 2.05) is 6.92 Å². The summed E-state index contributed by atoms with van der Waals surface area (Å²) < 4.78 is 32.1. The fraction of sp³-hybridized carbons (Fsp3) is 0.545. The molecule has 2 aromatic heterocycles. The Morgan fingerprint density at radius 2 is 2.21 bits per heavy atom. The summed E-state index contributed by atoms with van der Waals surface area (Å²) in [7, 11) is 1.52. The average Bonchev–Trinajstić information content (AvgIpc) is 3.22. The van der Waals surface area contributed by atoms with Gasteiger partial charge in [-0.15, -0.1) is 11.3 Å². The lowest BCUT2D eigenvalue weighted by Crippen LogP contribution is -2.20. The number of alkyl halides is 2. The third kappa shape index (κ3) is 5.04. The van der Waals surface area contributed by atoms with Crippen molar-refractivity contribution < 1.29 is 23.1 Å². The number of carbonyl (C=O) groups is 2. The van der Waals surface area contributed by atoms with Gasteiger partial charge in [0.05, 0.1) is 24.2 Å². The molecule has 176 valence electrons. The molecule has 0 bridgehead atoms. The number of amides is 1. The highest BCUT2D eigenvalue weighted by molar-refractivity contribution is 7.17. The molecule has 0 unspecified atom stereocenters. The molecule has 8 nitrogen and oxygen atoms in total. The normalized spacial score (nSPS) is 21.2. The fourth-order valence-corrected chi connectivity index (χ4v) is 5.16. The van der Waals surface area contributed by atoms with Crippen LogP contribution in [0.1, 0.15) is 59.6 Å². The number of hydrogen-bond acceptors (Lipinski definition) is 7. The minimum atomic E-state index is -2.67. The first-order valence-electron chi connectivity index (χ1n) is 10.9. The molecule has 4 rings (SSSR count). The number of esters is 1. The SMILES string of the molecule is CCOC(=O)c1c(NC(=O)[C@H]2C[C@@H]2C)sc2c1C[C@@H](N=C=Nc1cc(C(F)F)nn1C)CC2. The number of anilines is 1. The van der Waals surface area contributed by atoms with Gasteiger partial charge in [0.15, 0.2) is 5.82 Å². The Kier molecular flexibility index (Phi) is 6.71. The molecule has 0 aromatic carbocycles. The zero-order valence-corrected chi connectivity index (χ0v) is 19.4. The smallest absolute Gasteiger partial charge is 0.341 e. The van der Waals surface area contributed by atoms with Gasteiger partial charge in [0.2, 0.25) is 5.91 Å². The number of nitrogens with zero attached hydrogens (tertiary/aromatic N) is 4. The highest BCUT2D eigenvalue weighted by atomic mass is 32.1. The number of rotatable bonds is 7. The number of hydrogen-bond donors (Lipinski definition) is 1. The van der Waals surface area contributed by atoms with Crippen LogP contribution in [-0.4, -0.2) is 40.3 Å². The van der Waals surface area contributed by atoms with Crippen molar-refractivity contribution in [3.05, 3.63) is 27.8 Å². The number of ether oxygens (including phenoxy) is 1. The quantitative estimate of drug-likeness (QED) is 0.467. The molecule has 0 spiro atoms. The molecule has 1 fully saturated rings. The highest BCUT2D eigenvalue weighted by Crippen LogP contribution is 2.42. The highest BCUT2D eigenvalue weighted by Gasteiger charge is 2.40. The van der Waals surface area contributed by atoms with Gasteiger partial charge in [-0.05, 0) is 44.1 Å². The van der Waals surface area contributed by atoms with Crippen molar-refractivity contribution in [2.45, 2.75) is 52.0 Å². The number of carbonyl (C=O) groups excluding carboxylic acids is 2. The lowest BCUT2D eigenvalue weighted by molar-refractivity contribution is -0.117. The number of nitrogens with one attached hydrogen (secondary N) is 1. The van der Waals surface area contributed by atoms with E-state index in [0.717, 1.165) is 23.3 Å². The standard InChI is InChI=1S/C22H25F2N5O3S/c1-4-32-22(31)18-14-8-12(25-10-26-17-9-15(19(23)24)28-29(17)3)5-6-16(14)33-21(18)27-20(30)13-7-11(13)2/h9,11-13,19H,4-8H2,1-3H3,(H,27,30)/t11-,12-,13-/m0/s1. The lowest BCUT2D eigenvalue weighted by Gasteiger charge is -2.18. The summed E-state index contributed by atoms with van der Waals surface area (Å²) in [5, 5.41) is 7.19. The van der Waals surface area contributed by atoms with Crippen molar-refractivity contribution in [1.29, 1.82) is 0 Å². The van der Waals surface area contributed by atoms with Crippen LogP contribution in [0.5, 0.6) is 0 Å². The van der Waals surface area contributed by atoms with Gasteiger partial charge in [0.1, 0.15) is 10.7 Å². The van der Waals surface area contributed by atoms with Crippen LogP contribution in [0, 0.1) is 11.8 Å². The summed E-state index contributed by atoms with van der Waals surface area (Å²) in [6, 6.07) is 3.61. The first-order valence-corrected chi connectivity index (χ1v) is 11.7. The van der Waals surface area contributed by atoms with Crippen molar-refractivity contribution in [3.63, 3.8) is 0 Å². The zero-order valence-electron chi connectivity index (χ0n) is 18.6. The second-order valence-electron chi connectivity index (χ2n) is 8.33. The van der Waals surface area contributed by atoms with Gasteiger partial charge >= 0.3 is 5.97 Å². The minimum absolute atomic E-state index is 0.00896. The second-order valence-corrected chi connectivity index (χ2v) is 9.43. The molecule has 1 saturated carbocycles. The minimum Gasteiger partial charge on any atom is -0.462 e. The first kappa shape index (κ1) is 23.3. The van der Waals surface area contributed by atoms with Crippen LogP contribution in [0.25, 0.3) is 0 Å². The zero-order chi connectivity index (χ0) is 23.7. The van der Waals surface area contributed by atoms with Crippen LogP contribution < -0.4 is 5.32 Å². The second kappa shape index (κ2) is 9.52. The third-order valence-electron chi connectivity index (χ3n) is 5.90. The van der Waals surface area contributed by atoms with E-state index in [1.165, 1.54) is 29.1 Å². The van der Waals surface area contributed by atoms with E-state index in [1.54, 1.807) is 6.92 Å². The van der Waals surface area contributed by atoms with Crippen LogP contribution >= 0.6 is 11.3 Å². The number of fused-ring (bicyclic) bond motifs is 1. The molecule has 2 aliphatic rings. The molecular weight excluding hydrogens is 452 g/mol. The van der Waals surface area contributed by atoms with E-state index < -0.39 is 12.4 Å². The van der Waals surface area contributed by atoms with E-state index in [0.29, 0.717) is 29.3 Å². The molecule has 1 N–H and O–H groups in total. The Morgan fingerprint density at radius 1 is 1.45 bits per heavy atom. The molecule has 0 saturated heterocycles. The largest absolute Gasteiger partial charge is 0.462 e. The van der Waals surface area contributed by atoms with E-state index in [4.69, 9.17) is 4.74 Å². The summed E-state index contributed by atoms with van der Waals surface area (Å²) in [5.74, 6) is 0.0623. The molecule has 0 aliphatic heterocycles. The van der Waals surface area contributed by atoms with Gasteiger partial charge in [0, 0.05) is 23.9 Å². The molecule has 1 amide bonds. The fourth-order valence-electron chi connectivity index (χ4n) is 3.93. The Bertz CT molecular complexity index is 1140. The van der Waals surface area contributed by atoms with Crippen LogP contribution in [-0.2, 0) is 29.4 Å². The number of aryl methyl sites for hydroxylation is 2. The Morgan fingerprint density at radius 3 is 2.85 bits per heavy atom. The number of thiophene rings is 1. The number of aromatic nitrogens is 2. The maximum Gasteiger partial charge on any atom is 0.341 e. The molecule has 11 heteroatoms. The van der Waals surface area contributed by atoms with Gasteiger partial charge in [-0.25, -0.2) is 23.2 Å².